The molecule has 0 atom stereocenters. The molecule has 1 aliphatic heterocycles. The molecule has 1 amide bonds. The minimum atomic E-state index is -0.551. The van der Waals surface area contributed by atoms with E-state index in [9.17, 15) is 14.3 Å². The highest BCUT2D eigenvalue weighted by atomic mass is 35.5. The molecule has 0 radical (unpaired) electrons. The van der Waals surface area contributed by atoms with Crippen molar-refractivity contribution < 1.29 is 14.3 Å². The van der Waals surface area contributed by atoms with Crippen LogP contribution in [0.5, 0.6) is 0 Å². The molecule has 1 saturated carbocycles. The Labute approximate surface area is 140 Å². The lowest BCUT2D eigenvalue weighted by atomic mass is 9.87. The van der Waals surface area contributed by atoms with Crippen molar-refractivity contribution >= 4 is 17.5 Å². The van der Waals surface area contributed by atoms with Crippen LogP contribution in [0.3, 0.4) is 0 Å². The maximum absolute atomic E-state index is 13.9. The number of hydrogen-bond acceptors (Lipinski definition) is 3. The van der Waals surface area contributed by atoms with Crippen LogP contribution in [0.2, 0.25) is 5.02 Å². The summed E-state index contributed by atoms with van der Waals surface area (Å²) in [5.41, 5.74) is -0.299. The highest BCUT2D eigenvalue weighted by Gasteiger charge is 2.37. The molecule has 1 aromatic carbocycles. The Morgan fingerprint density at radius 1 is 1.39 bits per heavy atom. The number of benzene rings is 1. The van der Waals surface area contributed by atoms with Crippen LogP contribution in [-0.2, 0) is 0 Å². The first-order valence-electron chi connectivity index (χ1n) is 8.13. The molecule has 1 heterocycles. The van der Waals surface area contributed by atoms with Gasteiger partial charge < -0.3 is 15.3 Å². The van der Waals surface area contributed by atoms with Gasteiger partial charge in [-0.05, 0) is 56.3 Å². The summed E-state index contributed by atoms with van der Waals surface area (Å²) >= 11 is 5.86. The molecule has 126 valence electrons. The van der Waals surface area contributed by atoms with Crippen molar-refractivity contribution in [3.8, 4) is 0 Å². The maximum atomic E-state index is 13.9. The Morgan fingerprint density at radius 2 is 2.09 bits per heavy atom. The van der Waals surface area contributed by atoms with E-state index in [1.807, 2.05) is 0 Å². The van der Waals surface area contributed by atoms with Crippen molar-refractivity contribution in [3.05, 3.63) is 34.6 Å². The third-order valence-corrected chi connectivity index (χ3v) is 5.17. The minimum absolute atomic E-state index is 0.0138. The molecule has 3 rings (SSSR count). The Morgan fingerprint density at radius 3 is 2.70 bits per heavy atom. The number of nitrogens with zero attached hydrogens (tertiary/aromatic N) is 1. The summed E-state index contributed by atoms with van der Waals surface area (Å²) in [6.07, 6.45) is 3.86. The number of aliphatic hydroxyl groups is 1. The second-order valence-electron chi connectivity index (χ2n) is 6.68. The molecule has 2 aliphatic rings. The van der Waals surface area contributed by atoms with Crippen molar-refractivity contribution in [1.29, 1.82) is 0 Å². The minimum Gasteiger partial charge on any atom is -0.394 e. The van der Waals surface area contributed by atoms with Gasteiger partial charge in [-0.25, -0.2) is 4.39 Å². The van der Waals surface area contributed by atoms with Crippen molar-refractivity contribution in [2.24, 2.45) is 5.92 Å². The molecule has 6 heteroatoms. The third-order valence-electron chi connectivity index (χ3n) is 4.93. The van der Waals surface area contributed by atoms with Crippen LogP contribution in [0, 0.1) is 11.7 Å². The van der Waals surface area contributed by atoms with E-state index in [0.29, 0.717) is 31.0 Å². The molecule has 0 aromatic heterocycles. The molecule has 2 fully saturated rings. The van der Waals surface area contributed by atoms with E-state index in [-0.39, 0.29) is 23.6 Å². The van der Waals surface area contributed by atoms with Crippen LogP contribution in [0.15, 0.2) is 18.2 Å². The Bertz CT molecular complexity index is 584. The van der Waals surface area contributed by atoms with Gasteiger partial charge in [0, 0.05) is 23.7 Å². The number of nitrogens with one attached hydrogen (secondary N) is 1. The van der Waals surface area contributed by atoms with Gasteiger partial charge in [-0.15, -0.1) is 0 Å². The number of aliphatic hydroxyl groups excluding tert-OH is 1. The predicted molar refractivity (Wildman–Crippen MR) is 87.1 cm³/mol. The number of likely N-dealkylation sites (tertiary alicyclic amines) is 1. The highest BCUT2D eigenvalue weighted by Crippen LogP contribution is 2.30. The standard InChI is InChI=1S/C17H22ClFN2O2/c18-13-3-4-15(19)14(9-13)16(23)21-7-5-17(11-22,6-8-21)20-10-12-1-2-12/h3-4,9,12,20,22H,1-2,5-8,10-11H2. The zero-order valence-electron chi connectivity index (χ0n) is 13.0. The van der Waals surface area contributed by atoms with E-state index in [2.05, 4.69) is 5.32 Å². The normalized spacial score (nSPS) is 20.6. The van der Waals surface area contributed by atoms with Gasteiger partial charge in [-0.1, -0.05) is 11.6 Å². The molecule has 0 spiro atoms. The number of carbonyl (C=O) groups is 1. The molecule has 1 aliphatic carbocycles. The first-order valence-corrected chi connectivity index (χ1v) is 8.51. The molecule has 4 nitrogen and oxygen atoms in total. The fraction of sp³-hybridized carbons (Fsp3) is 0.588. The van der Waals surface area contributed by atoms with Crippen molar-refractivity contribution in [1.82, 2.24) is 10.2 Å². The van der Waals surface area contributed by atoms with Crippen LogP contribution >= 0.6 is 11.6 Å². The summed E-state index contributed by atoms with van der Waals surface area (Å²) in [6, 6.07) is 4.02. The summed E-state index contributed by atoms with van der Waals surface area (Å²) in [5, 5.41) is 13.6. The Balaban J connectivity index is 1.62. The second kappa shape index (κ2) is 6.75. The molecule has 1 saturated heterocycles. The smallest absolute Gasteiger partial charge is 0.256 e. The Kier molecular flexibility index (Phi) is 4.90. The van der Waals surface area contributed by atoms with Crippen molar-refractivity contribution in [2.45, 2.75) is 31.2 Å². The van der Waals surface area contributed by atoms with Gasteiger partial charge in [0.1, 0.15) is 5.82 Å². The molecular formula is C17H22ClFN2O2. The molecule has 23 heavy (non-hydrogen) atoms. The van der Waals surface area contributed by atoms with Crippen molar-refractivity contribution in [2.75, 3.05) is 26.2 Å². The summed E-state index contributed by atoms with van der Waals surface area (Å²) in [7, 11) is 0. The van der Waals surface area contributed by atoms with Gasteiger partial charge in [0.05, 0.1) is 12.2 Å². The number of halogens is 2. The van der Waals surface area contributed by atoms with Crippen LogP contribution in [0.25, 0.3) is 0 Å². The largest absolute Gasteiger partial charge is 0.394 e. The number of hydrogen-bond donors (Lipinski definition) is 2. The predicted octanol–water partition coefficient (Wildman–Crippen LogP) is 2.45. The average Bonchev–Trinajstić information content (AvgIpc) is 3.39. The van der Waals surface area contributed by atoms with Crippen LogP contribution in [-0.4, -0.2) is 47.7 Å². The van der Waals surface area contributed by atoms with E-state index in [1.165, 1.54) is 31.0 Å². The van der Waals surface area contributed by atoms with E-state index < -0.39 is 5.82 Å². The highest BCUT2D eigenvalue weighted by molar-refractivity contribution is 6.31. The fourth-order valence-electron chi connectivity index (χ4n) is 3.04. The SMILES string of the molecule is O=C(c1cc(Cl)ccc1F)N1CCC(CO)(NCC2CC2)CC1. The molecule has 1 aromatic rings. The first kappa shape index (κ1) is 16.7. The van der Waals surface area contributed by atoms with Gasteiger partial charge in [0.15, 0.2) is 0 Å². The lowest BCUT2D eigenvalue weighted by Crippen LogP contribution is -2.57. The molecule has 0 unspecified atom stereocenters. The van der Waals surface area contributed by atoms with Gasteiger partial charge in [-0.3, -0.25) is 4.79 Å². The maximum Gasteiger partial charge on any atom is 0.256 e. The van der Waals surface area contributed by atoms with Crippen LogP contribution in [0.1, 0.15) is 36.0 Å². The lowest BCUT2D eigenvalue weighted by Gasteiger charge is -2.41. The summed E-state index contributed by atoms with van der Waals surface area (Å²) in [5.74, 6) is -0.150. The monoisotopic (exact) mass is 340 g/mol. The first-order chi connectivity index (χ1) is 11.0. The third kappa shape index (κ3) is 3.84. The van der Waals surface area contributed by atoms with Gasteiger partial charge >= 0.3 is 0 Å². The number of rotatable bonds is 5. The average molecular weight is 341 g/mol. The van der Waals surface area contributed by atoms with Crippen LogP contribution < -0.4 is 5.32 Å². The molecule has 0 bridgehead atoms. The summed E-state index contributed by atoms with van der Waals surface area (Å²) in [4.78, 5) is 14.1. The van der Waals surface area contributed by atoms with E-state index in [0.717, 1.165) is 12.5 Å². The summed E-state index contributed by atoms with van der Waals surface area (Å²) in [6.45, 7) is 2.00. The molecule has 2 N–H and O–H groups in total. The Hall–Kier alpha value is -1.17. The zero-order valence-corrected chi connectivity index (χ0v) is 13.8. The lowest BCUT2D eigenvalue weighted by molar-refractivity contribution is 0.0525. The number of amides is 1. The molecular weight excluding hydrogens is 319 g/mol. The second-order valence-corrected chi connectivity index (χ2v) is 7.12. The summed E-state index contributed by atoms with van der Waals surface area (Å²) < 4.78 is 13.9. The van der Waals surface area contributed by atoms with Gasteiger partial charge in [0.2, 0.25) is 0 Å². The number of piperidine rings is 1. The topological polar surface area (TPSA) is 52.6 Å². The van der Waals surface area contributed by atoms with E-state index in [1.54, 1.807) is 4.90 Å². The van der Waals surface area contributed by atoms with Gasteiger partial charge in [-0.2, -0.15) is 0 Å². The fourth-order valence-corrected chi connectivity index (χ4v) is 3.22. The van der Waals surface area contributed by atoms with Crippen molar-refractivity contribution in [3.63, 3.8) is 0 Å². The zero-order chi connectivity index (χ0) is 16.4. The van der Waals surface area contributed by atoms with E-state index >= 15 is 0 Å². The van der Waals surface area contributed by atoms with E-state index in [4.69, 9.17) is 11.6 Å². The number of carbonyl (C=O) groups excluding carboxylic acids is 1. The quantitative estimate of drug-likeness (QED) is 0.865. The van der Waals surface area contributed by atoms with Crippen LogP contribution in [0.4, 0.5) is 4.39 Å². The van der Waals surface area contributed by atoms with Gasteiger partial charge in [0.25, 0.3) is 5.91 Å².